The molecule has 18 nitrogen and oxygen atoms in total. The zero-order valence-electron chi connectivity index (χ0n) is 37.9. The lowest BCUT2D eigenvalue weighted by Gasteiger charge is -2.71. The van der Waals surface area contributed by atoms with E-state index >= 15 is 0 Å². The normalized spacial score (nSPS) is 29.2. The maximum Gasteiger partial charge on any atom is 0.332 e. The predicted molar refractivity (Wildman–Crippen MR) is 238 cm³/mol. The highest BCUT2D eigenvalue weighted by Gasteiger charge is 2.81. The molecule has 1 aliphatic heterocycles. The molecule has 2 aliphatic carbocycles. The number of aromatic amines is 1. The molecule has 8 rings (SSSR count). The zero-order chi connectivity index (χ0) is 48.4. The van der Waals surface area contributed by atoms with Crippen LogP contribution >= 0.6 is 0 Å². The lowest BCUT2D eigenvalue weighted by molar-refractivity contribution is -0.370. The number of hydrogen-bond acceptors (Lipinski definition) is 15. The van der Waals surface area contributed by atoms with E-state index in [9.17, 15) is 54.6 Å². The molecular formula is C47H58N4O14. The lowest BCUT2D eigenvalue weighted by atomic mass is 9.40. The third kappa shape index (κ3) is 7.95. The predicted octanol–water partition coefficient (Wildman–Crippen LogP) is 4.18. The topological polar surface area (TPSA) is 277 Å². The van der Waals surface area contributed by atoms with Gasteiger partial charge >= 0.3 is 11.7 Å². The molecule has 350 valence electrons. The molecule has 3 aromatic heterocycles. The summed E-state index contributed by atoms with van der Waals surface area (Å²) in [5.74, 6) is -1.99. The number of phenolic OH excluding ortho intramolecular Hbond substituents is 3. The molecule has 3 fully saturated rings. The largest absolute Gasteiger partial charge is 0.508 e. The van der Waals surface area contributed by atoms with Gasteiger partial charge in [0.05, 0.1) is 29.7 Å². The molecule has 0 bridgehead atoms. The van der Waals surface area contributed by atoms with Crippen molar-refractivity contribution in [3.63, 3.8) is 0 Å². The van der Waals surface area contributed by atoms with Crippen molar-refractivity contribution < 1.29 is 54.1 Å². The number of Topliss-reactive ketones (excluding diaryl/α,β-unsaturated/α-hetero) is 1. The van der Waals surface area contributed by atoms with E-state index < -0.39 is 69.0 Å². The highest BCUT2D eigenvalue weighted by atomic mass is 16.6. The Morgan fingerprint density at radius 2 is 1.68 bits per heavy atom. The van der Waals surface area contributed by atoms with E-state index in [0.29, 0.717) is 42.0 Å². The molecule has 2 aromatic carbocycles. The molecule has 65 heavy (non-hydrogen) atoms. The maximum absolute atomic E-state index is 13.6. The highest BCUT2D eigenvalue weighted by Crippen LogP contribution is 2.67. The van der Waals surface area contributed by atoms with Gasteiger partial charge in [-0.3, -0.25) is 28.3 Å². The number of carbonyl (C=O) groups is 2. The first-order chi connectivity index (χ1) is 30.2. The summed E-state index contributed by atoms with van der Waals surface area (Å²) >= 11 is 0. The number of imidazole rings is 1. The number of hydrogen-bond donors (Lipinski definition) is 7. The van der Waals surface area contributed by atoms with Gasteiger partial charge in [0.15, 0.2) is 23.1 Å². The van der Waals surface area contributed by atoms with Gasteiger partial charge in [0.2, 0.25) is 5.43 Å². The van der Waals surface area contributed by atoms with E-state index in [1.807, 2.05) is 27.7 Å². The molecule has 8 atom stereocenters. The Labute approximate surface area is 373 Å². The Hall–Kier alpha value is -6.08. The molecule has 18 heteroatoms. The number of aromatic hydroxyl groups is 3. The summed E-state index contributed by atoms with van der Waals surface area (Å²) in [6.45, 7) is 18.2. The van der Waals surface area contributed by atoms with Crippen LogP contribution in [0.2, 0.25) is 0 Å². The number of carbonyl (C=O) groups excluding carboxylic acids is 2. The standard InChI is InChI=1S/C22H34O7.C15H10O5.C10H14N4O2/c1-8-19(5)11-14(25)22(27)20(6)13(24)9-10-18(3,4)16(20)15(26)17(28-12(2)23)21(22,7)29-19;16-9-3-1-8(2-4-9)11-7-20-13-6-10(17)5-12(18)14(13)15(11)19;1-6(2)4-14-8-7(11-5-12-8)9(15)13(3)10(14)16/h8,13,15-17,24,26-27H,1,9-11H2,2-7H3;1-7,16-18H;5-6H,4H2,1-3H3,(H,11,12)/t13-,15-,16-,17-,19-,20-,21+,22-;;/m0../s1. The summed E-state index contributed by atoms with van der Waals surface area (Å²) in [5, 5.41) is 63.1. The van der Waals surface area contributed by atoms with Gasteiger partial charge in [0.1, 0.15) is 45.6 Å². The smallest absolute Gasteiger partial charge is 0.332 e. The summed E-state index contributed by atoms with van der Waals surface area (Å²) in [7, 11) is 1.47. The molecule has 2 saturated carbocycles. The molecular weight excluding hydrogens is 845 g/mol. The summed E-state index contributed by atoms with van der Waals surface area (Å²) in [4.78, 5) is 68.3. The highest BCUT2D eigenvalue weighted by molar-refractivity contribution is 5.92. The van der Waals surface area contributed by atoms with Crippen LogP contribution in [0.1, 0.15) is 74.7 Å². The average molecular weight is 903 g/mol. The first kappa shape index (κ1) is 48.4. The van der Waals surface area contributed by atoms with Gasteiger partial charge in [-0.2, -0.15) is 0 Å². The second-order valence-corrected chi connectivity index (χ2v) is 19.0. The molecule has 0 amide bonds. The number of rotatable bonds is 5. The molecule has 0 unspecified atom stereocenters. The van der Waals surface area contributed by atoms with Gasteiger partial charge in [-0.25, -0.2) is 9.78 Å². The van der Waals surface area contributed by atoms with Crippen LogP contribution < -0.4 is 16.7 Å². The minimum absolute atomic E-state index is 0.00775. The van der Waals surface area contributed by atoms with Gasteiger partial charge < -0.3 is 49.5 Å². The quantitative estimate of drug-likeness (QED) is 0.0963. The van der Waals surface area contributed by atoms with Crippen LogP contribution in [0.3, 0.4) is 0 Å². The number of ketones is 1. The van der Waals surface area contributed by atoms with E-state index in [0.717, 1.165) is 10.6 Å². The Balaban J connectivity index is 0.000000170. The number of phenols is 3. The summed E-state index contributed by atoms with van der Waals surface area (Å²) in [5.41, 5.74) is -6.33. The third-order valence-corrected chi connectivity index (χ3v) is 13.5. The number of benzene rings is 2. The minimum Gasteiger partial charge on any atom is -0.508 e. The Morgan fingerprint density at radius 3 is 2.28 bits per heavy atom. The van der Waals surface area contributed by atoms with Crippen molar-refractivity contribution in [3.8, 4) is 28.4 Å². The van der Waals surface area contributed by atoms with Gasteiger partial charge in [-0.05, 0) is 55.7 Å². The summed E-state index contributed by atoms with van der Waals surface area (Å²) in [6, 6.07) is 8.40. The minimum atomic E-state index is -2.18. The number of esters is 1. The fourth-order valence-electron chi connectivity index (χ4n) is 10.4. The van der Waals surface area contributed by atoms with Gasteiger partial charge in [-0.15, -0.1) is 6.58 Å². The van der Waals surface area contributed by atoms with Crippen LogP contribution in [0.5, 0.6) is 17.2 Å². The van der Waals surface area contributed by atoms with Crippen molar-refractivity contribution in [2.45, 2.75) is 116 Å². The van der Waals surface area contributed by atoms with Gasteiger partial charge in [0.25, 0.3) is 5.56 Å². The Morgan fingerprint density at radius 1 is 1.03 bits per heavy atom. The number of nitrogens with zero attached hydrogens (tertiary/aromatic N) is 3. The molecule has 5 aromatic rings. The molecule has 0 radical (unpaired) electrons. The number of aliphatic hydroxyl groups excluding tert-OH is 2. The van der Waals surface area contributed by atoms with E-state index in [4.69, 9.17) is 13.9 Å². The monoisotopic (exact) mass is 902 g/mol. The summed E-state index contributed by atoms with van der Waals surface area (Å²) < 4.78 is 19.7. The molecule has 3 aliphatic rings. The van der Waals surface area contributed by atoms with E-state index in [2.05, 4.69) is 16.5 Å². The number of nitrogens with one attached hydrogen (secondary N) is 1. The van der Waals surface area contributed by atoms with Crippen molar-refractivity contribution in [1.82, 2.24) is 19.1 Å². The number of H-pyrrole nitrogens is 1. The first-order valence-electron chi connectivity index (χ1n) is 21.2. The Bertz CT molecular complexity index is 2840. The van der Waals surface area contributed by atoms with Crippen LogP contribution in [-0.4, -0.2) is 96.6 Å². The summed E-state index contributed by atoms with van der Waals surface area (Å²) in [6.07, 6.45) is 1.40. The van der Waals surface area contributed by atoms with Gasteiger partial charge in [0, 0.05) is 50.4 Å². The second-order valence-electron chi connectivity index (χ2n) is 19.0. The molecule has 4 heterocycles. The first-order valence-corrected chi connectivity index (χ1v) is 21.2. The van der Waals surface area contributed by atoms with Crippen LogP contribution in [0, 0.1) is 22.7 Å². The van der Waals surface area contributed by atoms with Crippen molar-refractivity contribution in [3.05, 3.63) is 92.7 Å². The van der Waals surface area contributed by atoms with Crippen molar-refractivity contribution in [2.24, 2.45) is 29.7 Å². The van der Waals surface area contributed by atoms with E-state index in [1.54, 1.807) is 26.0 Å². The molecule has 0 spiro atoms. The molecule has 1 saturated heterocycles. The number of aliphatic hydroxyl groups is 3. The molecule has 7 N–H and O–H groups in total. The number of aromatic nitrogens is 4. The number of fused-ring (bicyclic) bond motifs is 5. The van der Waals surface area contributed by atoms with E-state index in [-0.39, 0.29) is 51.5 Å². The Kier molecular flexibility index (Phi) is 12.7. The average Bonchev–Trinajstić information content (AvgIpc) is 3.72. The van der Waals surface area contributed by atoms with E-state index in [1.165, 1.54) is 62.3 Å². The maximum atomic E-state index is 13.6. The zero-order valence-corrected chi connectivity index (χ0v) is 37.9. The third-order valence-electron chi connectivity index (χ3n) is 13.5. The van der Waals surface area contributed by atoms with Crippen LogP contribution in [0.25, 0.3) is 33.3 Å². The van der Waals surface area contributed by atoms with Crippen LogP contribution in [0.15, 0.2) is 80.4 Å². The van der Waals surface area contributed by atoms with Crippen molar-refractivity contribution in [2.75, 3.05) is 0 Å². The fraction of sp³-hybridized carbons (Fsp3) is 0.489. The fourth-order valence-corrected chi connectivity index (χ4v) is 10.4. The van der Waals surface area contributed by atoms with Gasteiger partial charge in [-0.1, -0.05) is 52.8 Å². The van der Waals surface area contributed by atoms with Crippen molar-refractivity contribution >= 4 is 33.9 Å². The number of ether oxygens (including phenoxy) is 2. The van der Waals surface area contributed by atoms with Crippen LogP contribution in [-0.2, 0) is 32.7 Å². The van der Waals surface area contributed by atoms with Crippen molar-refractivity contribution in [1.29, 1.82) is 0 Å². The second kappa shape index (κ2) is 17.0. The lowest BCUT2D eigenvalue weighted by Crippen LogP contribution is -2.86. The van der Waals surface area contributed by atoms with Crippen LogP contribution in [0.4, 0.5) is 0 Å². The SMILES string of the molecule is C=C[C@@]1(C)CC(=O)[C@]2(O)[C@@]3(C)[C@@H](O)CCC(C)(C)[C@@H]3[C@H](O)[C@H](OC(C)=O)[C@@]2(C)O1.CC(C)Cn1c(=O)n(C)c(=O)c2[nH]cnc21.O=c1c(-c2ccc(O)cc2)coc2cc(O)cc(O)c12.